The van der Waals surface area contributed by atoms with Crippen molar-refractivity contribution in [3.05, 3.63) is 45.8 Å². The van der Waals surface area contributed by atoms with Crippen LogP contribution in [0.5, 0.6) is 0 Å². The van der Waals surface area contributed by atoms with Gasteiger partial charge in [0.15, 0.2) is 0 Å². The first-order valence-electron chi connectivity index (χ1n) is 7.28. The van der Waals surface area contributed by atoms with Gasteiger partial charge < -0.3 is 4.57 Å². The molecule has 2 aromatic heterocycles. The van der Waals surface area contributed by atoms with Gasteiger partial charge in [-0.1, -0.05) is 12.1 Å². The molecule has 2 heterocycles. The largest absolute Gasteiger partial charge is 0.313 e. The molecule has 0 aliphatic heterocycles. The number of anilines is 1. The van der Waals surface area contributed by atoms with E-state index in [1.54, 1.807) is 25.5 Å². The van der Waals surface area contributed by atoms with Crippen molar-refractivity contribution in [2.24, 2.45) is 7.05 Å². The van der Waals surface area contributed by atoms with Crippen LogP contribution in [0.4, 0.5) is 11.6 Å². The number of aryl methyl sites for hydroxylation is 2. The number of carbonyl (C=O) groups is 1. The molecule has 3 rings (SSSR count). The van der Waals surface area contributed by atoms with Crippen molar-refractivity contribution in [2.45, 2.75) is 20.4 Å². The molecule has 0 aliphatic carbocycles. The Bertz CT molecular complexity index is 956. The van der Waals surface area contributed by atoms with Crippen LogP contribution in [0.3, 0.4) is 0 Å². The lowest BCUT2D eigenvalue weighted by atomic mass is 10.3. The number of carbonyl (C=O) groups excluding carboxylic acids is 1. The number of fused-ring (bicyclic) bond motifs is 1. The fourth-order valence-electron chi connectivity index (χ4n) is 2.66. The number of nitrogens with zero attached hydrogens (tertiary/aromatic N) is 5. The Balaban J connectivity index is 1.82. The van der Waals surface area contributed by atoms with Gasteiger partial charge in [-0.2, -0.15) is 5.10 Å². The zero-order chi connectivity index (χ0) is 17.4. The number of rotatable bonds is 4. The van der Waals surface area contributed by atoms with Gasteiger partial charge >= 0.3 is 5.69 Å². The minimum absolute atomic E-state index is 0.0643. The van der Waals surface area contributed by atoms with Crippen LogP contribution in [0, 0.1) is 24.0 Å². The summed E-state index contributed by atoms with van der Waals surface area (Å²) in [6, 6.07) is 7.53. The first-order valence-corrected chi connectivity index (χ1v) is 7.28. The van der Waals surface area contributed by atoms with Crippen molar-refractivity contribution < 1.29 is 9.72 Å². The van der Waals surface area contributed by atoms with Gasteiger partial charge in [0.2, 0.25) is 11.9 Å². The number of nitro groups is 1. The van der Waals surface area contributed by atoms with Gasteiger partial charge in [-0.05, 0) is 26.0 Å². The minimum Gasteiger partial charge on any atom is -0.313 e. The average molecular weight is 328 g/mol. The van der Waals surface area contributed by atoms with E-state index in [0.717, 1.165) is 11.0 Å². The number of hydrogen-bond acceptors (Lipinski definition) is 5. The van der Waals surface area contributed by atoms with Crippen LogP contribution in [0.1, 0.15) is 11.4 Å². The van der Waals surface area contributed by atoms with Crippen LogP contribution in [0.2, 0.25) is 0 Å². The molecule has 9 nitrogen and oxygen atoms in total. The summed E-state index contributed by atoms with van der Waals surface area (Å²) in [5, 5.41) is 17.8. The van der Waals surface area contributed by atoms with Crippen LogP contribution in [-0.4, -0.2) is 30.2 Å². The van der Waals surface area contributed by atoms with Gasteiger partial charge in [0.25, 0.3) is 0 Å². The maximum Gasteiger partial charge on any atom is 0.312 e. The molecule has 124 valence electrons. The van der Waals surface area contributed by atoms with E-state index in [1.807, 2.05) is 24.3 Å². The summed E-state index contributed by atoms with van der Waals surface area (Å²) in [6.07, 6.45) is 0. The zero-order valence-corrected chi connectivity index (χ0v) is 13.5. The second-order valence-electron chi connectivity index (χ2n) is 5.47. The second-order valence-corrected chi connectivity index (χ2v) is 5.47. The molecule has 1 amide bonds. The number of imidazole rings is 1. The predicted molar refractivity (Wildman–Crippen MR) is 87.7 cm³/mol. The quantitative estimate of drug-likeness (QED) is 0.581. The van der Waals surface area contributed by atoms with Crippen molar-refractivity contribution in [1.82, 2.24) is 19.3 Å². The lowest BCUT2D eigenvalue weighted by molar-refractivity contribution is -0.386. The molecule has 0 unspecified atom stereocenters. The highest BCUT2D eigenvalue weighted by atomic mass is 16.6. The SMILES string of the molecule is Cc1nn(CC(=O)Nc2nc3ccccc3n2C)c(C)c1[N+](=O)[O-]. The zero-order valence-electron chi connectivity index (χ0n) is 13.5. The lowest BCUT2D eigenvalue weighted by Crippen LogP contribution is -2.22. The van der Waals surface area contributed by atoms with Crippen molar-refractivity contribution in [3.8, 4) is 0 Å². The average Bonchev–Trinajstić information content (AvgIpc) is 2.97. The van der Waals surface area contributed by atoms with Crippen LogP contribution in [0.25, 0.3) is 11.0 Å². The van der Waals surface area contributed by atoms with Crippen LogP contribution in [-0.2, 0) is 18.4 Å². The second kappa shape index (κ2) is 5.76. The summed E-state index contributed by atoms with van der Waals surface area (Å²) in [4.78, 5) is 27.1. The van der Waals surface area contributed by atoms with E-state index in [2.05, 4.69) is 15.4 Å². The van der Waals surface area contributed by atoms with E-state index < -0.39 is 4.92 Å². The molecule has 3 aromatic rings. The number of aromatic nitrogens is 4. The Morgan fingerprint density at radius 1 is 1.33 bits per heavy atom. The van der Waals surface area contributed by atoms with Crippen molar-refractivity contribution in [3.63, 3.8) is 0 Å². The predicted octanol–water partition coefficient (Wildman–Crippen LogP) is 1.93. The molecule has 0 radical (unpaired) electrons. The first kappa shape index (κ1) is 15.7. The summed E-state index contributed by atoms with van der Waals surface area (Å²) >= 11 is 0. The Morgan fingerprint density at radius 2 is 2.04 bits per heavy atom. The van der Waals surface area contributed by atoms with E-state index in [9.17, 15) is 14.9 Å². The van der Waals surface area contributed by atoms with Gasteiger partial charge in [0, 0.05) is 7.05 Å². The number of para-hydroxylation sites is 2. The van der Waals surface area contributed by atoms with Gasteiger partial charge in [0.05, 0.1) is 16.0 Å². The Morgan fingerprint density at radius 3 is 2.67 bits per heavy atom. The third-order valence-electron chi connectivity index (χ3n) is 3.86. The molecule has 1 aromatic carbocycles. The highest BCUT2D eigenvalue weighted by Gasteiger charge is 2.23. The van der Waals surface area contributed by atoms with Gasteiger partial charge in [0.1, 0.15) is 17.9 Å². The lowest BCUT2D eigenvalue weighted by Gasteiger charge is -2.06. The number of hydrogen-bond donors (Lipinski definition) is 1. The normalized spacial score (nSPS) is 11.0. The molecule has 0 saturated carbocycles. The fraction of sp³-hybridized carbons (Fsp3) is 0.267. The van der Waals surface area contributed by atoms with E-state index in [4.69, 9.17) is 0 Å². The first-order chi connectivity index (χ1) is 11.4. The molecule has 0 bridgehead atoms. The summed E-state index contributed by atoms with van der Waals surface area (Å²) in [5.41, 5.74) is 2.24. The molecule has 1 N–H and O–H groups in total. The van der Waals surface area contributed by atoms with Crippen LogP contribution >= 0.6 is 0 Å². The molecular weight excluding hydrogens is 312 g/mol. The monoisotopic (exact) mass is 328 g/mol. The van der Waals surface area contributed by atoms with E-state index in [-0.39, 0.29) is 23.8 Å². The van der Waals surface area contributed by atoms with E-state index >= 15 is 0 Å². The maximum atomic E-state index is 12.3. The molecule has 0 fully saturated rings. The van der Waals surface area contributed by atoms with Crippen molar-refractivity contribution >= 4 is 28.6 Å². The standard InChI is InChI=1S/C15H16N6O3/c1-9-14(21(23)24)10(2)20(18-9)8-13(22)17-15-16-11-6-4-5-7-12(11)19(15)3/h4-7H,8H2,1-3H3,(H,16,17,22). The van der Waals surface area contributed by atoms with Gasteiger partial charge in [-0.3, -0.25) is 24.9 Å². The van der Waals surface area contributed by atoms with Crippen molar-refractivity contribution in [1.29, 1.82) is 0 Å². The summed E-state index contributed by atoms with van der Waals surface area (Å²) in [6.45, 7) is 3.00. The smallest absolute Gasteiger partial charge is 0.312 e. The van der Waals surface area contributed by atoms with Crippen molar-refractivity contribution in [2.75, 3.05) is 5.32 Å². The fourth-order valence-corrected chi connectivity index (χ4v) is 2.66. The van der Waals surface area contributed by atoms with Gasteiger partial charge in [-0.15, -0.1) is 0 Å². The molecule has 24 heavy (non-hydrogen) atoms. The van der Waals surface area contributed by atoms with Crippen LogP contribution in [0.15, 0.2) is 24.3 Å². The molecule has 0 spiro atoms. The molecule has 0 aliphatic rings. The third kappa shape index (κ3) is 2.60. The Labute approximate surface area is 137 Å². The minimum atomic E-state index is -0.489. The van der Waals surface area contributed by atoms with Gasteiger partial charge in [-0.25, -0.2) is 4.98 Å². The molecule has 9 heteroatoms. The number of benzene rings is 1. The third-order valence-corrected chi connectivity index (χ3v) is 3.86. The summed E-state index contributed by atoms with van der Waals surface area (Å²) in [7, 11) is 1.80. The molecule has 0 saturated heterocycles. The molecular formula is C15H16N6O3. The molecule has 0 atom stereocenters. The topological polar surface area (TPSA) is 108 Å². The van der Waals surface area contributed by atoms with E-state index in [1.165, 1.54) is 4.68 Å². The summed E-state index contributed by atoms with van der Waals surface area (Å²) in [5.74, 6) is 0.0612. The summed E-state index contributed by atoms with van der Waals surface area (Å²) < 4.78 is 3.10. The maximum absolute atomic E-state index is 12.3. The number of amides is 1. The number of nitrogens with one attached hydrogen (secondary N) is 1. The highest BCUT2D eigenvalue weighted by Crippen LogP contribution is 2.22. The Kier molecular flexibility index (Phi) is 3.76. The highest BCUT2D eigenvalue weighted by molar-refractivity contribution is 5.91. The van der Waals surface area contributed by atoms with Crippen LogP contribution < -0.4 is 5.32 Å². The van der Waals surface area contributed by atoms with E-state index in [0.29, 0.717) is 11.6 Å². The Hall–Kier alpha value is -3.23.